The Morgan fingerprint density at radius 1 is 1.12 bits per heavy atom. The molecule has 0 aliphatic carbocycles. The van der Waals surface area contributed by atoms with Gasteiger partial charge in [-0.05, 0) is 38.6 Å². The van der Waals surface area contributed by atoms with Crippen LogP contribution in [0.25, 0.3) is 0 Å². The Balaban J connectivity index is 2.69. The van der Waals surface area contributed by atoms with E-state index in [9.17, 15) is 0 Å². The second kappa shape index (κ2) is 6.02. The van der Waals surface area contributed by atoms with Gasteiger partial charge in [-0.2, -0.15) is 0 Å². The van der Waals surface area contributed by atoms with Gasteiger partial charge in [-0.15, -0.1) is 0 Å². The molecule has 1 fully saturated rings. The highest BCUT2D eigenvalue weighted by Gasteiger charge is 2.42. The first-order chi connectivity index (χ1) is 7.49. The first kappa shape index (κ1) is 14.0. The van der Waals surface area contributed by atoms with E-state index in [1.54, 1.807) is 0 Å². The van der Waals surface area contributed by atoms with Crippen molar-refractivity contribution in [1.82, 2.24) is 5.32 Å². The topological polar surface area (TPSA) is 21.3 Å². The smallest absolute Gasteiger partial charge is 0.0597 e. The van der Waals surface area contributed by atoms with Crippen LogP contribution in [0.5, 0.6) is 0 Å². The van der Waals surface area contributed by atoms with Gasteiger partial charge in [0.05, 0.1) is 12.2 Å². The molecule has 1 rings (SSSR count). The Labute approximate surface area is 101 Å². The molecule has 1 aliphatic rings. The Bertz CT molecular complexity index is 205. The van der Waals surface area contributed by atoms with E-state index < -0.39 is 0 Å². The van der Waals surface area contributed by atoms with E-state index in [1.807, 2.05) is 0 Å². The van der Waals surface area contributed by atoms with Crippen molar-refractivity contribution in [2.75, 3.05) is 6.54 Å². The fourth-order valence-electron chi connectivity index (χ4n) is 3.04. The highest BCUT2D eigenvalue weighted by molar-refractivity contribution is 4.92. The molecule has 0 radical (unpaired) electrons. The Kier molecular flexibility index (Phi) is 5.26. The average molecular weight is 227 g/mol. The molecule has 0 spiro atoms. The summed E-state index contributed by atoms with van der Waals surface area (Å²) >= 11 is 0. The minimum Gasteiger partial charge on any atom is -0.375 e. The van der Waals surface area contributed by atoms with Crippen molar-refractivity contribution >= 4 is 0 Å². The van der Waals surface area contributed by atoms with Crippen LogP contribution in [0, 0.1) is 17.8 Å². The highest BCUT2D eigenvalue weighted by Crippen LogP contribution is 2.36. The largest absolute Gasteiger partial charge is 0.375 e. The summed E-state index contributed by atoms with van der Waals surface area (Å²) in [6.45, 7) is 14.7. The number of hydrogen-bond acceptors (Lipinski definition) is 2. The van der Waals surface area contributed by atoms with Crippen molar-refractivity contribution in [3.63, 3.8) is 0 Å². The van der Waals surface area contributed by atoms with Crippen molar-refractivity contribution in [3.8, 4) is 0 Å². The van der Waals surface area contributed by atoms with Gasteiger partial charge in [0, 0.05) is 12.0 Å². The standard InChI is InChI=1S/C14H29NO/c1-7-8-15-14(9(2)3)13-10(4)11(5)16-12(13)6/h9-15H,7-8H2,1-6H3. The quantitative estimate of drug-likeness (QED) is 0.779. The van der Waals surface area contributed by atoms with Gasteiger partial charge in [0.1, 0.15) is 0 Å². The van der Waals surface area contributed by atoms with Gasteiger partial charge in [-0.25, -0.2) is 0 Å². The van der Waals surface area contributed by atoms with Crippen LogP contribution in [0.1, 0.15) is 48.0 Å². The molecule has 96 valence electrons. The van der Waals surface area contributed by atoms with E-state index in [0.29, 0.717) is 36.0 Å². The van der Waals surface area contributed by atoms with Crippen LogP contribution < -0.4 is 5.32 Å². The summed E-state index contributed by atoms with van der Waals surface area (Å²) < 4.78 is 5.96. The Morgan fingerprint density at radius 2 is 1.75 bits per heavy atom. The van der Waals surface area contributed by atoms with Crippen molar-refractivity contribution in [2.24, 2.45) is 17.8 Å². The number of rotatable bonds is 5. The van der Waals surface area contributed by atoms with E-state index in [2.05, 4.69) is 46.9 Å². The molecule has 0 amide bonds. The van der Waals surface area contributed by atoms with Gasteiger partial charge >= 0.3 is 0 Å². The van der Waals surface area contributed by atoms with Crippen LogP contribution in [0.2, 0.25) is 0 Å². The lowest BCUT2D eigenvalue weighted by Crippen LogP contribution is -2.45. The van der Waals surface area contributed by atoms with E-state index in [-0.39, 0.29) is 0 Å². The highest BCUT2D eigenvalue weighted by atomic mass is 16.5. The molecule has 1 aliphatic heterocycles. The first-order valence-corrected chi connectivity index (χ1v) is 6.87. The Hall–Kier alpha value is -0.0800. The zero-order valence-electron chi connectivity index (χ0n) is 11.8. The molecule has 1 N–H and O–H groups in total. The zero-order chi connectivity index (χ0) is 12.3. The lowest BCUT2D eigenvalue weighted by molar-refractivity contribution is 0.0453. The van der Waals surface area contributed by atoms with E-state index >= 15 is 0 Å². The summed E-state index contributed by atoms with van der Waals surface area (Å²) in [6.07, 6.45) is 2.00. The summed E-state index contributed by atoms with van der Waals surface area (Å²) in [4.78, 5) is 0. The second-order valence-corrected chi connectivity index (χ2v) is 5.71. The SMILES string of the molecule is CCCNC(C(C)C)C1C(C)OC(C)C1C. The van der Waals surface area contributed by atoms with Gasteiger partial charge < -0.3 is 10.1 Å². The minimum absolute atomic E-state index is 0.391. The van der Waals surface area contributed by atoms with Crippen molar-refractivity contribution < 1.29 is 4.74 Å². The molecule has 1 heterocycles. The summed E-state index contributed by atoms with van der Waals surface area (Å²) in [7, 11) is 0. The summed E-state index contributed by atoms with van der Waals surface area (Å²) in [5.41, 5.74) is 0. The maximum Gasteiger partial charge on any atom is 0.0597 e. The fourth-order valence-corrected chi connectivity index (χ4v) is 3.04. The van der Waals surface area contributed by atoms with Gasteiger partial charge in [0.25, 0.3) is 0 Å². The van der Waals surface area contributed by atoms with Crippen molar-refractivity contribution in [3.05, 3.63) is 0 Å². The third kappa shape index (κ3) is 2.98. The Morgan fingerprint density at radius 3 is 2.12 bits per heavy atom. The average Bonchev–Trinajstić information content (AvgIpc) is 2.44. The van der Waals surface area contributed by atoms with Crippen LogP contribution in [0.3, 0.4) is 0 Å². The third-order valence-electron chi connectivity index (χ3n) is 4.08. The van der Waals surface area contributed by atoms with Gasteiger partial charge in [-0.1, -0.05) is 27.7 Å². The summed E-state index contributed by atoms with van der Waals surface area (Å²) in [5, 5.41) is 3.71. The van der Waals surface area contributed by atoms with Gasteiger partial charge in [0.15, 0.2) is 0 Å². The molecule has 0 saturated carbocycles. The number of ether oxygens (including phenoxy) is 1. The van der Waals surface area contributed by atoms with Crippen LogP contribution >= 0.6 is 0 Å². The normalized spacial score (nSPS) is 36.9. The molecule has 5 atom stereocenters. The summed E-state index contributed by atoms with van der Waals surface area (Å²) in [5.74, 6) is 1.99. The zero-order valence-corrected chi connectivity index (χ0v) is 11.8. The number of hydrogen-bond donors (Lipinski definition) is 1. The fraction of sp³-hybridized carbons (Fsp3) is 1.00. The molecule has 5 unspecified atom stereocenters. The van der Waals surface area contributed by atoms with Crippen LogP contribution in [-0.2, 0) is 4.74 Å². The predicted octanol–water partition coefficient (Wildman–Crippen LogP) is 3.07. The minimum atomic E-state index is 0.391. The molecule has 16 heavy (non-hydrogen) atoms. The van der Waals surface area contributed by atoms with E-state index in [0.717, 1.165) is 6.54 Å². The summed E-state index contributed by atoms with van der Waals surface area (Å²) in [6, 6.07) is 0.592. The molecule has 2 nitrogen and oxygen atoms in total. The van der Waals surface area contributed by atoms with Gasteiger partial charge in [-0.3, -0.25) is 0 Å². The van der Waals surface area contributed by atoms with E-state index in [1.165, 1.54) is 6.42 Å². The van der Waals surface area contributed by atoms with Crippen molar-refractivity contribution in [1.29, 1.82) is 0 Å². The van der Waals surface area contributed by atoms with Crippen molar-refractivity contribution in [2.45, 2.75) is 66.2 Å². The maximum absolute atomic E-state index is 5.96. The van der Waals surface area contributed by atoms with Crippen LogP contribution in [0.4, 0.5) is 0 Å². The molecule has 0 bridgehead atoms. The molecule has 0 aromatic rings. The molecular formula is C14H29NO. The molecular weight excluding hydrogens is 198 g/mol. The van der Waals surface area contributed by atoms with Crippen LogP contribution in [0.15, 0.2) is 0 Å². The lowest BCUT2D eigenvalue weighted by Gasteiger charge is -2.33. The second-order valence-electron chi connectivity index (χ2n) is 5.71. The van der Waals surface area contributed by atoms with Crippen LogP contribution in [-0.4, -0.2) is 24.8 Å². The number of nitrogens with one attached hydrogen (secondary N) is 1. The molecule has 2 heteroatoms. The molecule has 0 aromatic heterocycles. The maximum atomic E-state index is 5.96. The van der Waals surface area contributed by atoms with Gasteiger partial charge in [0.2, 0.25) is 0 Å². The third-order valence-corrected chi connectivity index (χ3v) is 4.08. The lowest BCUT2D eigenvalue weighted by atomic mass is 9.79. The molecule has 1 saturated heterocycles. The monoisotopic (exact) mass is 227 g/mol. The molecule has 0 aromatic carbocycles. The van der Waals surface area contributed by atoms with E-state index in [4.69, 9.17) is 4.74 Å². The predicted molar refractivity (Wildman–Crippen MR) is 69.6 cm³/mol. The first-order valence-electron chi connectivity index (χ1n) is 6.87.